The molecule has 2 fully saturated rings. The van der Waals surface area contributed by atoms with E-state index in [9.17, 15) is 9.59 Å². The molecule has 1 saturated heterocycles. The Labute approximate surface area is 164 Å². The zero-order chi connectivity index (χ0) is 19.5. The van der Waals surface area contributed by atoms with Crippen LogP contribution in [0.4, 0.5) is 17.1 Å². The fourth-order valence-electron chi connectivity index (χ4n) is 3.60. The molecule has 1 saturated carbocycles. The van der Waals surface area contributed by atoms with Crippen LogP contribution < -0.4 is 15.5 Å². The fourth-order valence-corrected chi connectivity index (χ4v) is 3.60. The molecule has 1 heterocycles. The summed E-state index contributed by atoms with van der Waals surface area (Å²) in [5.74, 6) is -0.876. The van der Waals surface area contributed by atoms with Crippen molar-refractivity contribution in [2.75, 3.05) is 28.6 Å². The molecule has 2 N–H and O–H groups in total. The van der Waals surface area contributed by atoms with Crippen LogP contribution in [0.5, 0.6) is 0 Å². The number of rotatable bonds is 5. The second-order valence-corrected chi connectivity index (χ2v) is 7.36. The van der Waals surface area contributed by atoms with E-state index in [0.29, 0.717) is 17.7 Å². The van der Waals surface area contributed by atoms with E-state index in [1.165, 1.54) is 18.5 Å². The summed E-state index contributed by atoms with van der Waals surface area (Å²) in [5, 5.41) is 14.5. The third-order valence-electron chi connectivity index (χ3n) is 5.35. The first-order valence-corrected chi connectivity index (χ1v) is 9.61. The zero-order valence-corrected chi connectivity index (χ0v) is 15.5. The number of hydrogen-bond acceptors (Lipinski definition) is 4. The first-order valence-electron chi connectivity index (χ1n) is 9.61. The zero-order valence-electron chi connectivity index (χ0n) is 15.5. The standard InChI is InChI=1S/C22H22N4O2/c23-14-15-3-5-16(6-4-15)24-21(27)19-13-20(19)22(28)25-17-7-9-18(10-8-17)26-11-1-2-12-26/h3-10,19-20H,1-2,11-13H2,(H,24,27)(H,25,28). The highest BCUT2D eigenvalue weighted by Crippen LogP contribution is 2.40. The smallest absolute Gasteiger partial charge is 0.228 e. The van der Waals surface area contributed by atoms with E-state index in [1.807, 2.05) is 30.3 Å². The summed E-state index contributed by atoms with van der Waals surface area (Å²) in [4.78, 5) is 27.1. The fraction of sp³-hybridized carbons (Fsp3) is 0.318. The molecule has 6 heteroatoms. The highest BCUT2D eigenvalue weighted by Gasteiger charge is 2.48. The van der Waals surface area contributed by atoms with E-state index < -0.39 is 0 Å². The predicted octanol–water partition coefficient (Wildman–Crippen LogP) is 3.37. The largest absolute Gasteiger partial charge is 0.372 e. The van der Waals surface area contributed by atoms with Crippen molar-refractivity contribution in [3.8, 4) is 6.07 Å². The topological polar surface area (TPSA) is 85.2 Å². The van der Waals surface area contributed by atoms with Gasteiger partial charge in [0.25, 0.3) is 0 Å². The van der Waals surface area contributed by atoms with Gasteiger partial charge in [-0.25, -0.2) is 0 Å². The first kappa shape index (κ1) is 18.1. The van der Waals surface area contributed by atoms with Gasteiger partial charge in [0.15, 0.2) is 0 Å². The number of benzene rings is 2. The molecule has 0 spiro atoms. The van der Waals surface area contributed by atoms with Crippen LogP contribution in [0.2, 0.25) is 0 Å². The van der Waals surface area contributed by atoms with Gasteiger partial charge in [-0.15, -0.1) is 0 Å². The Hall–Kier alpha value is -3.33. The summed E-state index contributed by atoms with van der Waals surface area (Å²) in [6.45, 7) is 2.17. The molecular formula is C22H22N4O2. The van der Waals surface area contributed by atoms with Crippen LogP contribution in [0.25, 0.3) is 0 Å². The van der Waals surface area contributed by atoms with Crippen LogP contribution in [0.1, 0.15) is 24.8 Å². The van der Waals surface area contributed by atoms with Gasteiger partial charge in [0.2, 0.25) is 11.8 Å². The summed E-state index contributed by atoms with van der Waals surface area (Å²) in [5.41, 5.74) is 3.11. The van der Waals surface area contributed by atoms with Crippen molar-refractivity contribution in [2.45, 2.75) is 19.3 Å². The van der Waals surface area contributed by atoms with Crippen LogP contribution in [-0.4, -0.2) is 24.9 Å². The Morgan fingerprint density at radius 1 is 0.857 bits per heavy atom. The quantitative estimate of drug-likeness (QED) is 0.840. The average Bonchev–Trinajstić information content (AvgIpc) is 3.35. The maximum Gasteiger partial charge on any atom is 0.228 e. The van der Waals surface area contributed by atoms with Crippen LogP contribution in [-0.2, 0) is 9.59 Å². The Bertz CT molecular complexity index is 909. The number of amides is 2. The van der Waals surface area contributed by atoms with Crippen molar-refractivity contribution in [1.29, 1.82) is 5.26 Å². The number of nitrogens with one attached hydrogen (secondary N) is 2. The molecule has 2 unspecified atom stereocenters. The molecule has 1 aliphatic heterocycles. The average molecular weight is 374 g/mol. The molecule has 0 aromatic heterocycles. The van der Waals surface area contributed by atoms with Crippen molar-refractivity contribution in [3.63, 3.8) is 0 Å². The number of carbonyl (C=O) groups is 2. The molecule has 2 amide bonds. The van der Waals surface area contributed by atoms with Crippen LogP contribution in [0.15, 0.2) is 48.5 Å². The third kappa shape index (κ3) is 3.99. The van der Waals surface area contributed by atoms with E-state index in [4.69, 9.17) is 5.26 Å². The number of nitrogens with zero attached hydrogens (tertiary/aromatic N) is 2. The molecule has 0 bridgehead atoms. The van der Waals surface area contributed by atoms with E-state index in [0.717, 1.165) is 18.8 Å². The number of hydrogen-bond donors (Lipinski definition) is 2. The minimum Gasteiger partial charge on any atom is -0.372 e. The van der Waals surface area contributed by atoms with E-state index >= 15 is 0 Å². The highest BCUT2D eigenvalue weighted by atomic mass is 16.2. The predicted molar refractivity (Wildman–Crippen MR) is 108 cm³/mol. The molecule has 2 aliphatic rings. The Kier molecular flexibility index (Phi) is 4.98. The summed E-state index contributed by atoms with van der Waals surface area (Å²) < 4.78 is 0. The summed E-state index contributed by atoms with van der Waals surface area (Å²) >= 11 is 0. The lowest BCUT2D eigenvalue weighted by Crippen LogP contribution is -2.21. The first-order chi connectivity index (χ1) is 13.6. The van der Waals surface area contributed by atoms with E-state index in [-0.39, 0.29) is 23.7 Å². The SMILES string of the molecule is N#Cc1ccc(NC(=O)C2CC2C(=O)Nc2ccc(N3CCCC3)cc2)cc1. The molecule has 1 aliphatic carbocycles. The monoisotopic (exact) mass is 374 g/mol. The summed E-state index contributed by atoms with van der Waals surface area (Å²) in [6.07, 6.45) is 3.01. The summed E-state index contributed by atoms with van der Waals surface area (Å²) in [7, 11) is 0. The van der Waals surface area contributed by atoms with Crippen LogP contribution in [0, 0.1) is 23.2 Å². The Balaban J connectivity index is 1.29. The van der Waals surface area contributed by atoms with Crippen LogP contribution in [0.3, 0.4) is 0 Å². The minimum atomic E-state index is -0.306. The van der Waals surface area contributed by atoms with Gasteiger partial charge in [0, 0.05) is 30.2 Å². The molecule has 4 rings (SSSR count). The van der Waals surface area contributed by atoms with Gasteiger partial charge in [-0.1, -0.05) is 0 Å². The maximum absolute atomic E-state index is 12.4. The molecule has 0 radical (unpaired) electrons. The molecular weight excluding hydrogens is 352 g/mol. The second-order valence-electron chi connectivity index (χ2n) is 7.36. The van der Waals surface area contributed by atoms with Crippen molar-refractivity contribution in [1.82, 2.24) is 0 Å². The van der Waals surface area contributed by atoms with Gasteiger partial charge in [0.1, 0.15) is 0 Å². The van der Waals surface area contributed by atoms with Gasteiger partial charge in [-0.3, -0.25) is 9.59 Å². The van der Waals surface area contributed by atoms with Gasteiger partial charge in [-0.2, -0.15) is 5.26 Å². The number of nitriles is 1. The third-order valence-corrected chi connectivity index (χ3v) is 5.35. The molecule has 142 valence electrons. The van der Waals surface area contributed by atoms with Crippen molar-refractivity contribution in [2.24, 2.45) is 11.8 Å². The lowest BCUT2D eigenvalue weighted by atomic mass is 10.2. The lowest BCUT2D eigenvalue weighted by molar-refractivity contribution is -0.122. The lowest BCUT2D eigenvalue weighted by Gasteiger charge is -2.17. The summed E-state index contributed by atoms with van der Waals surface area (Å²) in [6, 6.07) is 16.6. The second kappa shape index (κ2) is 7.73. The number of carbonyl (C=O) groups excluding carboxylic acids is 2. The number of anilines is 3. The molecule has 2 aromatic rings. The van der Waals surface area contributed by atoms with E-state index in [2.05, 4.69) is 15.5 Å². The van der Waals surface area contributed by atoms with Crippen molar-refractivity contribution < 1.29 is 9.59 Å². The van der Waals surface area contributed by atoms with Gasteiger partial charge < -0.3 is 15.5 Å². The molecule has 2 aromatic carbocycles. The van der Waals surface area contributed by atoms with Crippen molar-refractivity contribution >= 4 is 28.9 Å². The molecule has 6 nitrogen and oxygen atoms in total. The van der Waals surface area contributed by atoms with Gasteiger partial charge >= 0.3 is 0 Å². The van der Waals surface area contributed by atoms with Crippen LogP contribution >= 0.6 is 0 Å². The van der Waals surface area contributed by atoms with E-state index in [1.54, 1.807) is 24.3 Å². The van der Waals surface area contributed by atoms with Gasteiger partial charge in [0.05, 0.1) is 23.5 Å². The van der Waals surface area contributed by atoms with Gasteiger partial charge in [-0.05, 0) is 67.8 Å². The molecule has 2 atom stereocenters. The maximum atomic E-state index is 12.4. The molecule has 28 heavy (non-hydrogen) atoms. The Morgan fingerprint density at radius 2 is 1.36 bits per heavy atom. The Morgan fingerprint density at radius 3 is 1.86 bits per heavy atom. The highest BCUT2D eigenvalue weighted by molar-refractivity contribution is 6.03. The normalized spacial score (nSPS) is 20.3. The minimum absolute atomic E-state index is 0.117. The van der Waals surface area contributed by atoms with Crippen molar-refractivity contribution in [3.05, 3.63) is 54.1 Å².